The van der Waals surface area contributed by atoms with Gasteiger partial charge in [-0.25, -0.2) is 0 Å². The van der Waals surface area contributed by atoms with Crippen molar-refractivity contribution >= 4 is 0 Å². The summed E-state index contributed by atoms with van der Waals surface area (Å²) in [6, 6.07) is 0. The Morgan fingerprint density at radius 1 is 1.64 bits per heavy atom. The molecule has 1 nitrogen and oxygen atoms in total. The highest BCUT2D eigenvalue weighted by Crippen LogP contribution is 2.34. The molecule has 1 saturated carbocycles. The molecule has 0 unspecified atom stereocenters. The van der Waals surface area contributed by atoms with Gasteiger partial charge in [0.1, 0.15) is 0 Å². The Bertz CT molecular complexity index is 140. The van der Waals surface area contributed by atoms with Crippen LogP contribution in [0.25, 0.3) is 0 Å². The fraction of sp³-hybridized carbons (Fsp3) is 0.800. The van der Waals surface area contributed by atoms with Gasteiger partial charge in [0, 0.05) is 6.61 Å². The lowest BCUT2D eigenvalue weighted by Crippen LogP contribution is -2.19. The van der Waals surface area contributed by atoms with E-state index in [0.717, 1.165) is 12.3 Å². The standard InChI is InChI=1S/C10H18O/c1-8-4-3-5-9(2)10(8)6-7-11/h9-11H,1,3-7H2,2H3/t9-,10+/m0/s1. The van der Waals surface area contributed by atoms with Gasteiger partial charge in [-0.05, 0) is 37.5 Å². The number of hydrogen-bond donors (Lipinski definition) is 1. The van der Waals surface area contributed by atoms with Crippen molar-refractivity contribution in [2.75, 3.05) is 6.61 Å². The molecule has 2 atom stereocenters. The van der Waals surface area contributed by atoms with Crippen LogP contribution in [-0.4, -0.2) is 11.7 Å². The molecule has 0 aromatic rings. The van der Waals surface area contributed by atoms with Crippen LogP contribution in [0, 0.1) is 11.8 Å². The Morgan fingerprint density at radius 3 is 2.91 bits per heavy atom. The predicted molar refractivity (Wildman–Crippen MR) is 47.3 cm³/mol. The summed E-state index contributed by atoms with van der Waals surface area (Å²) in [5.41, 5.74) is 1.36. The lowest BCUT2D eigenvalue weighted by atomic mass is 9.76. The molecule has 1 heteroatoms. The Balaban J connectivity index is 2.48. The summed E-state index contributed by atoms with van der Waals surface area (Å²) in [4.78, 5) is 0. The molecule has 0 bridgehead atoms. The summed E-state index contributed by atoms with van der Waals surface area (Å²) >= 11 is 0. The van der Waals surface area contributed by atoms with Crippen LogP contribution in [0.15, 0.2) is 12.2 Å². The summed E-state index contributed by atoms with van der Waals surface area (Å²) < 4.78 is 0. The van der Waals surface area contributed by atoms with Crippen molar-refractivity contribution in [1.29, 1.82) is 0 Å². The molecule has 0 aromatic carbocycles. The van der Waals surface area contributed by atoms with Gasteiger partial charge in [0.25, 0.3) is 0 Å². The molecule has 11 heavy (non-hydrogen) atoms. The maximum absolute atomic E-state index is 8.81. The molecule has 0 radical (unpaired) electrons. The smallest absolute Gasteiger partial charge is 0.0436 e. The van der Waals surface area contributed by atoms with Gasteiger partial charge in [0.2, 0.25) is 0 Å². The Labute approximate surface area is 69.1 Å². The molecular weight excluding hydrogens is 136 g/mol. The minimum atomic E-state index is 0.314. The number of aliphatic hydroxyl groups excluding tert-OH is 1. The summed E-state index contributed by atoms with van der Waals surface area (Å²) in [5.74, 6) is 1.33. The van der Waals surface area contributed by atoms with Gasteiger partial charge in [0.05, 0.1) is 0 Å². The van der Waals surface area contributed by atoms with E-state index in [1.165, 1.54) is 24.8 Å². The second kappa shape index (κ2) is 3.91. The largest absolute Gasteiger partial charge is 0.396 e. The Morgan fingerprint density at radius 2 is 2.36 bits per heavy atom. The minimum absolute atomic E-state index is 0.314. The SMILES string of the molecule is C=C1CCC[C@H](C)[C@@H]1CCO. The molecular formula is C10H18O. The number of rotatable bonds is 2. The van der Waals surface area contributed by atoms with Gasteiger partial charge in [-0.2, -0.15) is 0 Å². The van der Waals surface area contributed by atoms with E-state index in [-0.39, 0.29) is 0 Å². The summed E-state index contributed by atoms with van der Waals surface area (Å²) in [6.07, 6.45) is 4.70. The Kier molecular flexibility index (Phi) is 3.13. The molecule has 1 N–H and O–H groups in total. The van der Waals surface area contributed by atoms with E-state index in [2.05, 4.69) is 13.5 Å². The van der Waals surface area contributed by atoms with Gasteiger partial charge >= 0.3 is 0 Å². The minimum Gasteiger partial charge on any atom is -0.396 e. The first-order chi connectivity index (χ1) is 5.25. The predicted octanol–water partition coefficient (Wildman–Crippen LogP) is 2.36. The third-order valence-electron chi connectivity index (χ3n) is 2.81. The molecule has 0 saturated heterocycles. The lowest BCUT2D eigenvalue weighted by molar-refractivity contribution is 0.223. The van der Waals surface area contributed by atoms with Crippen LogP contribution >= 0.6 is 0 Å². The maximum Gasteiger partial charge on any atom is 0.0436 e. The highest BCUT2D eigenvalue weighted by molar-refractivity contribution is 5.05. The second-order valence-electron chi connectivity index (χ2n) is 3.65. The van der Waals surface area contributed by atoms with Crippen molar-refractivity contribution in [2.45, 2.75) is 32.6 Å². The molecule has 0 aliphatic heterocycles. The summed E-state index contributed by atoms with van der Waals surface area (Å²) in [6.45, 7) is 6.64. The van der Waals surface area contributed by atoms with Gasteiger partial charge in [0.15, 0.2) is 0 Å². The molecule has 1 aliphatic rings. The van der Waals surface area contributed by atoms with Gasteiger partial charge < -0.3 is 5.11 Å². The van der Waals surface area contributed by atoms with Crippen molar-refractivity contribution in [3.05, 3.63) is 12.2 Å². The Hall–Kier alpha value is -0.300. The maximum atomic E-state index is 8.81. The van der Waals surface area contributed by atoms with Crippen LogP contribution < -0.4 is 0 Å². The van der Waals surface area contributed by atoms with E-state index in [4.69, 9.17) is 5.11 Å². The highest BCUT2D eigenvalue weighted by atomic mass is 16.3. The summed E-state index contributed by atoms with van der Waals surface area (Å²) in [7, 11) is 0. The third kappa shape index (κ3) is 2.06. The number of hydrogen-bond acceptors (Lipinski definition) is 1. The molecule has 1 fully saturated rings. The van der Waals surface area contributed by atoms with Gasteiger partial charge in [-0.15, -0.1) is 0 Å². The zero-order valence-electron chi connectivity index (χ0n) is 7.34. The normalized spacial score (nSPS) is 32.4. The van der Waals surface area contributed by atoms with E-state index in [1.54, 1.807) is 0 Å². The van der Waals surface area contributed by atoms with Crippen molar-refractivity contribution in [3.63, 3.8) is 0 Å². The molecule has 1 aliphatic carbocycles. The first-order valence-corrected chi connectivity index (χ1v) is 4.54. The molecule has 1 rings (SSSR count). The van der Waals surface area contributed by atoms with E-state index in [9.17, 15) is 0 Å². The number of allylic oxidation sites excluding steroid dienone is 1. The van der Waals surface area contributed by atoms with Gasteiger partial charge in [-0.1, -0.05) is 19.1 Å². The molecule has 0 amide bonds. The van der Waals surface area contributed by atoms with Crippen molar-refractivity contribution in [3.8, 4) is 0 Å². The van der Waals surface area contributed by atoms with Gasteiger partial charge in [-0.3, -0.25) is 0 Å². The highest BCUT2D eigenvalue weighted by Gasteiger charge is 2.23. The average Bonchev–Trinajstić information content (AvgIpc) is 1.97. The van der Waals surface area contributed by atoms with Crippen molar-refractivity contribution in [1.82, 2.24) is 0 Å². The van der Waals surface area contributed by atoms with Crippen LogP contribution in [0.2, 0.25) is 0 Å². The van der Waals surface area contributed by atoms with Crippen molar-refractivity contribution in [2.24, 2.45) is 11.8 Å². The zero-order valence-corrected chi connectivity index (χ0v) is 7.34. The average molecular weight is 154 g/mol. The van der Waals surface area contributed by atoms with Crippen LogP contribution in [0.1, 0.15) is 32.6 Å². The quantitative estimate of drug-likeness (QED) is 0.605. The van der Waals surface area contributed by atoms with Crippen LogP contribution in [-0.2, 0) is 0 Å². The van der Waals surface area contributed by atoms with E-state index in [0.29, 0.717) is 12.5 Å². The van der Waals surface area contributed by atoms with Crippen LogP contribution in [0.4, 0.5) is 0 Å². The lowest BCUT2D eigenvalue weighted by Gasteiger charge is -2.30. The second-order valence-corrected chi connectivity index (χ2v) is 3.65. The fourth-order valence-corrected chi connectivity index (χ4v) is 2.07. The van der Waals surface area contributed by atoms with E-state index < -0.39 is 0 Å². The zero-order chi connectivity index (χ0) is 8.27. The molecule has 0 spiro atoms. The van der Waals surface area contributed by atoms with E-state index >= 15 is 0 Å². The van der Waals surface area contributed by atoms with Crippen LogP contribution in [0.5, 0.6) is 0 Å². The topological polar surface area (TPSA) is 20.2 Å². The molecule has 64 valence electrons. The number of aliphatic hydroxyl groups is 1. The summed E-state index contributed by atoms with van der Waals surface area (Å²) in [5, 5.41) is 8.81. The molecule has 0 heterocycles. The fourth-order valence-electron chi connectivity index (χ4n) is 2.07. The third-order valence-corrected chi connectivity index (χ3v) is 2.81. The molecule has 0 aromatic heterocycles. The first-order valence-electron chi connectivity index (χ1n) is 4.54. The van der Waals surface area contributed by atoms with Crippen molar-refractivity contribution < 1.29 is 5.11 Å². The first kappa shape index (κ1) is 8.79. The monoisotopic (exact) mass is 154 g/mol. The van der Waals surface area contributed by atoms with E-state index in [1.807, 2.05) is 0 Å². The van der Waals surface area contributed by atoms with Crippen LogP contribution in [0.3, 0.4) is 0 Å².